The van der Waals surface area contributed by atoms with Gasteiger partial charge in [-0.1, -0.05) is 41.4 Å². The number of ether oxygens (including phenoxy) is 1. The summed E-state index contributed by atoms with van der Waals surface area (Å²) in [4.78, 5) is 25.5. The summed E-state index contributed by atoms with van der Waals surface area (Å²) in [7, 11) is 1.58. The van der Waals surface area contributed by atoms with Crippen molar-refractivity contribution in [3.05, 3.63) is 40.4 Å². The molecule has 0 bridgehead atoms. The Bertz CT molecular complexity index is 563. The molecule has 5 heteroatoms. The van der Waals surface area contributed by atoms with Crippen LogP contribution in [0.25, 0.3) is 5.57 Å². The molecule has 0 aliphatic carbocycles. The van der Waals surface area contributed by atoms with Gasteiger partial charge < -0.3 is 4.74 Å². The molecule has 1 aliphatic heterocycles. The SMILES string of the molecule is COCCCN1C(=O)C(Cl)=C(c2ccc(C)cc2)C1=O. The minimum absolute atomic E-state index is 0.00345. The molecule has 0 spiro atoms. The van der Waals surface area contributed by atoms with E-state index in [1.54, 1.807) is 19.2 Å². The van der Waals surface area contributed by atoms with Gasteiger partial charge in [-0.25, -0.2) is 0 Å². The van der Waals surface area contributed by atoms with Crippen LogP contribution in [0.1, 0.15) is 17.5 Å². The summed E-state index contributed by atoms with van der Waals surface area (Å²) < 4.78 is 4.93. The Kier molecular flexibility index (Phi) is 4.57. The summed E-state index contributed by atoms with van der Waals surface area (Å²) in [5, 5.41) is -0.00345. The molecule has 0 unspecified atom stereocenters. The summed E-state index contributed by atoms with van der Waals surface area (Å²) in [6.07, 6.45) is 0.597. The van der Waals surface area contributed by atoms with Gasteiger partial charge in [0.2, 0.25) is 0 Å². The molecule has 106 valence electrons. The van der Waals surface area contributed by atoms with E-state index in [9.17, 15) is 9.59 Å². The Morgan fingerprint density at radius 3 is 2.40 bits per heavy atom. The van der Waals surface area contributed by atoms with E-state index in [4.69, 9.17) is 16.3 Å². The molecular formula is C15H16ClNO3. The average Bonchev–Trinajstić information content (AvgIpc) is 2.64. The van der Waals surface area contributed by atoms with Crippen molar-refractivity contribution in [2.24, 2.45) is 0 Å². The minimum Gasteiger partial charge on any atom is -0.385 e. The van der Waals surface area contributed by atoms with Gasteiger partial charge in [0.15, 0.2) is 0 Å². The zero-order chi connectivity index (χ0) is 14.7. The number of carbonyl (C=O) groups excluding carboxylic acids is 2. The van der Waals surface area contributed by atoms with Crippen LogP contribution in [0.15, 0.2) is 29.3 Å². The maximum atomic E-state index is 12.3. The van der Waals surface area contributed by atoms with Crippen LogP contribution in [0.5, 0.6) is 0 Å². The maximum Gasteiger partial charge on any atom is 0.273 e. The molecule has 0 aromatic heterocycles. The summed E-state index contributed by atoms with van der Waals surface area (Å²) in [5.41, 5.74) is 2.04. The molecule has 0 saturated heterocycles. The van der Waals surface area contributed by atoms with E-state index in [-0.39, 0.29) is 16.5 Å². The van der Waals surface area contributed by atoms with Gasteiger partial charge in [-0.15, -0.1) is 0 Å². The summed E-state index contributed by atoms with van der Waals surface area (Å²) >= 11 is 6.04. The third kappa shape index (κ3) is 2.76. The fraction of sp³-hybridized carbons (Fsp3) is 0.333. The molecule has 1 aromatic rings. The quantitative estimate of drug-likeness (QED) is 0.618. The molecule has 1 aromatic carbocycles. The third-order valence-electron chi connectivity index (χ3n) is 3.18. The standard InChI is InChI=1S/C15H16ClNO3/c1-10-4-6-11(7-5-10)12-13(16)15(19)17(14(12)18)8-3-9-20-2/h4-7H,3,8-9H2,1-2H3. The Labute approximate surface area is 123 Å². The lowest BCUT2D eigenvalue weighted by Gasteiger charge is -2.14. The molecule has 0 atom stereocenters. The second kappa shape index (κ2) is 6.20. The van der Waals surface area contributed by atoms with Crippen LogP contribution in [0.2, 0.25) is 0 Å². The van der Waals surface area contributed by atoms with Crippen molar-refractivity contribution in [3.63, 3.8) is 0 Å². The molecule has 4 nitrogen and oxygen atoms in total. The summed E-state index contributed by atoms with van der Waals surface area (Å²) in [6, 6.07) is 7.38. The fourth-order valence-electron chi connectivity index (χ4n) is 2.09. The third-order valence-corrected chi connectivity index (χ3v) is 3.53. The second-order valence-corrected chi connectivity index (χ2v) is 5.04. The largest absolute Gasteiger partial charge is 0.385 e. The van der Waals surface area contributed by atoms with Gasteiger partial charge in [0.1, 0.15) is 5.03 Å². The van der Waals surface area contributed by atoms with Gasteiger partial charge >= 0.3 is 0 Å². The highest BCUT2D eigenvalue weighted by molar-refractivity contribution is 6.55. The Hall–Kier alpha value is -1.65. The van der Waals surface area contributed by atoms with Gasteiger partial charge in [0.25, 0.3) is 11.8 Å². The fourth-order valence-corrected chi connectivity index (χ4v) is 2.38. The molecule has 20 heavy (non-hydrogen) atoms. The van der Waals surface area contributed by atoms with Crippen molar-refractivity contribution in [1.82, 2.24) is 4.90 Å². The smallest absolute Gasteiger partial charge is 0.273 e. The molecule has 0 fully saturated rings. The van der Waals surface area contributed by atoms with Gasteiger partial charge in [-0.05, 0) is 18.9 Å². The lowest BCUT2D eigenvalue weighted by Crippen LogP contribution is -2.32. The normalized spacial score (nSPS) is 15.4. The van der Waals surface area contributed by atoms with Gasteiger partial charge in [-0.2, -0.15) is 0 Å². The van der Waals surface area contributed by atoms with Crippen LogP contribution < -0.4 is 0 Å². The average molecular weight is 294 g/mol. The first-order valence-corrected chi connectivity index (χ1v) is 6.76. The zero-order valence-electron chi connectivity index (χ0n) is 11.5. The van der Waals surface area contributed by atoms with Crippen molar-refractivity contribution in [2.75, 3.05) is 20.3 Å². The predicted molar refractivity (Wildman–Crippen MR) is 77.2 cm³/mol. The first-order valence-electron chi connectivity index (χ1n) is 6.38. The number of nitrogens with zero attached hydrogens (tertiary/aromatic N) is 1. The van der Waals surface area contributed by atoms with Crippen molar-refractivity contribution >= 4 is 29.0 Å². The minimum atomic E-state index is -0.427. The first kappa shape index (κ1) is 14.8. The zero-order valence-corrected chi connectivity index (χ0v) is 12.2. The number of benzene rings is 1. The molecular weight excluding hydrogens is 278 g/mol. The predicted octanol–water partition coefficient (Wildman–Crippen LogP) is 2.35. The number of amides is 2. The Balaban J connectivity index is 2.23. The van der Waals surface area contributed by atoms with Crippen LogP contribution in [-0.2, 0) is 14.3 Å². The second-order valence-electron chi connectivity index (χ2n) is 4.66. The van der Waals surface area contributed by atoms with E-state index >= 15 is 0 Å². The highest BCUT2D eigenvalue weighted by atomic mass is 35.5. The highest BCUT2D eigenvalue weighted by Gasteiger charge is 2.37. The van der Waals surface area contributed by atoms with Crippen molar-refractivity contribution in [1.29, 1.82) is 0 Å². The molecule has 0 N–H and O–H groups in total. The van der Waals surface area contributed by atoms with Gasteiger partial charge in [0.05, 0.1) is 5.57 Å². The van der Waals surface area contributed by atoms with E-state index in [1.165, 1.54) is 4.90 Å². The number of methoxy groups -OCH3 is 1. The molecule has 1 aliphatic rings. The van der Waals surface area contributed by atoms with Crippen molar-refractivity contribution < 1.29 is 14.3 Å². The van der Waals surface area contributed by atoms with Crippen LogP contribution in [0.3, 0.4) is 0 Å². The highest BCUT2D eigenvalue weighted by Crippen LogP contribution is 2.31. The van der Waals surface area contributed by atoms with E-state index in [0.717, 1.165) is 5.56 Å². The molecule has 1 heterocycles. The van der Waals surface area contributed by atoms with Gasteiger partial charge in [0, 0.05) is 20.3 Å². The molecule has 2 amide bonds. The first-order chi connectivity index (χ1) is 9.56. The van der Waals surface area contributed by atoms with Crippen LogP contribution >= 0.6 is 11.6 Å². The molecule has 0 radical (unpaired) electrons. The maximum absolute atomic E-state index is 12.3. The Morgan fingerprint density at radius 2 is 1.80 bits per heavy atom. The number of rotatable bonds is 5. The number of hydrogen-bond acceptors (Lipinski definition) is 3. The van der Waals surface area contributed by atoms with Crippen LogP contribution in [0.4, 0.5) is 0 Å². The monoisotopic (exact) mass is 293 g/mol. The number of carbonyl (C=O) groups is 2. The molecule has 0 saturated carbocycles. The van der Waals surface area contributed by atoms with Crippen molar-refractivity contribution in [2.45, 2.75) is 13.3 Å². The van der Waals surface area contributed by atoms with Crippen molar-refractivity contribution in [3.8, 4) is 0 Å². The topological polar surface area (TPSA) is 46.6 Å². The lowest BCUT2D eigenvalue weighted by atomic mass is 10.0. The van der Waals surface area contributed by atoms with Crippen LogP contribution in [0, 0.1) is 6.92 Å². The van der Waals surface area contributed by atoms with Gasteiger partial charge in [-0.3, -0.25) is 14.5 Å². The number of imide groups is 1. The number of halogens is 1. The van der Waals surface area contributed by atoms with Crippen LogP contribution in [-0.4, -0.2) is 37.0 Å². The molecule has 2 rings (SSSR count). The lowest BCUT2D eigenvalue weighted by molar-refractivity contribution is -0.136. The number of aryl methyl sites for hydroxylation is 1. The summed E-state index contributed by atoms with van der Waals surface area (Å²) in [6.45, 7) is 2.77. The van der Waals surface area contributed by atoms with E-state index in [0.29, 0.717) is 25.1 Å². The van der Waals surface area contributed by atoms with E-state index in [2.05, 4.69) is 0 Å². The summed E-state index contributed by atoms with van der Waals surface area (Å²) in [5.74, 6) is -0.761. The van der Waals surface area contributed by atoms with E-state index in [1.807, 2.05) is 19.1 Å². The van der Waals surface area contributed by atoms with E-state index < -0.39 is 5.91 Å². The Morgan fingerprint density at radius 1 is 1.15 bits per heavy atom. The number of hydrogen-bond donors (Lipinski definition) is 0.